The minimum absolute atomic E-state index is 0.0873. The Hall–Kier alpha value is -0.572. The molecule has 0 aliphatic heterocycles. The van der Waals surface area contributed by atoms with Crippen molar-refractivity contribution in [2.75, 3.05) is 13.1 Å². The second-order valence-electron chi connectivity index (χ2n) is 1.71. The van der Waals surface area contributed by atoms with Gasteiger partial charge in [0.1, 0.15) is 6.54 Å². The van der Waals surface area contributed by atoms with E-state index in [9.17, 15) is 9.59 Å². The van der Waals surface area contributed by atoms with Crippen molar-refractivity contribution in [1.29, 1.82) is 3.91 Å². The van der Waals surface area contributed by atoms with Crippen molar-refractivity contribution in [1.82, 2.24) is 4.90 Å². The summed E-state index contributed by atoms with van der Waals surface area (Å²) in [5.41, 5.74) is 0. The van der Waals surface area contributed by atoms with Crippen molar-refractivity contribution in [3.05, 3.63) is 6.92 Å². The molecule has 2 N–H and O–H groups in total. The molecule has 0 aromatic carbocycles. The molecule has 0 atom stereocenters. The van der Waals surface area contributed by atoms with E-state index in [1.165, 1.54) is 19.6 Å². The molecule has 0 aliphatic carbocycles. The van der Waals surface area contributed by atoms with Gasteiger partial charge in [0.2, 0.25) is 5.91 Å². The van der Waals surface area contributed by atoms with Crippen LogP contribution in [0, 0.1) is 10.8 Å². The molecule has 0 saturated heterocycles. The van der Waals surface area contributed by atoms with E-state index >= 15 is 0 Å². The van der Waals surface area contributed by atoms with Gasteiger partial charge in [-0.15, -0.1) is 6.54 Å². The summed E-state index contributed by atoms with van der Waals surface area (Å²) >= 11 is 1.39. The van der Waals surface area contributed by atoms with Crippen LogP contribution in [0.25, 0.3) is 0 Å². The first-order valence-electron chi connectivity index (χ1n) is 3.56. The molecular formula is C6H11N2O3Pt-. The summed E-state index contributed by atoms with van der Waals surface area (Å²) in [5, 5.41) is 8.28. The number of carboxylic acids is 1. The fourth-order valence-electron chi connectivity index (χ4n) is 0.455. The zero-order valence-electron chi connectivity index (χ0n) is 7.36. The zero-order chi connectivity index (χ0) is 10.9. The number of nitrogens with one attached hydrogen (secondary N) is 1. The molecule has 0 aromatic rings. The topological polar surface area (TPSA) is 81.5 Å². The van der Waals surface area contributed by atoms with E-state index in [-0.39, 0.29) is 13.1 Å². The number of hydrogen-bond acceptors (Lipinski definition) is 3. The number of amides is 1. The molecule has 0 rings (SSSR count). The normalized spacial score (nSPS) is 9.08. The van der Waals surface area contributed by atoms with Crippen molar-refractivity contribution in [2.24, 2.45) is 0 Å². The van der Waals surface area contributed by atoms with E-state index in [4.69, 9.17) is 10.4 Å². The average Bonchev–Trinajstić information content (AvgIpc) is 2.16. The van der Waals surface area contributed by atoms with Gasteiger partial charge in [0.25, 0.3) is 0 Å². The molecule has 74 valence electrons. The molecule has 0 bridgehead atoms. The molecule has 6 heteroatoms. The number of carboxylic acid groups (broad SMARTS) is 1. The third-order valence-electron chi connectivity index (χ3n) is 0.949. The molecular weight excluding hydrogens is 343 g/mol. The summed E-state index contributed by atoms with van der Waals surface area (Å²) in [7, 11) is 0. The molecule has 12 heavy (non-hydrogen) atoms. The summed E-state index contributed by atoms with van der Waals surface area (Å²) in [6, 6.07) is 0. The first-order chi connectivity index (χ1) is 6.11. The van der Waals surface area contributed by atoms with Crippen molar-refractivity contribution >= 4 is 11.9 Å². The van der Waals surface area contributed by atoms with Crippen molar-refractivity contribution in [3.63, 3.8) is 0 Å². The maximum atomic E-state index is 10.7. The third-order valence-corrected chi connectivity index (χ3v) is 0.949. The summed E-state index contributed by atoms with van der Waals surface area (Å²) in [6.07, 6.45) is 0. The van der Waals surface area contributed by atoms with E-state index in [1.807, 2.05) is 0 Å². The minimum atomic E-state index is -1.09. The monoisotopic (exact) mass is 356 g/mol. The van der Waals surface area contributed by atoms with Crippen molar-refractivity contribution in [3.8, 4) is 0 Å². The molecule has 0 spiro atoms. The molecule has 0 aromatic heterocycles. The molecule has 0 radical (unpaired) electrons. The molecule has 0 heterocycles. The SMILES string of the molecule is [3H]CC(=O)N(C[CH2-])CC(=O)O.[NH]=[Pt]. The molecule has 0 saturated carbocycles. The number of aliphatic carboxylic acids is 1. The Labute approximate surface area is 83.7 Å². The van der Waals surface area contributed by atoms with Gasteiger partial charge in [0.15, 0.2) is 0 Å². The number of nitrogens with zero attached hydrogens (tertiary/aromatic N) is 1. The average molecular weight is 356 g/mol. The Morgan fingerprint density at radius 2 is 2.25 bits per heavy atom. The summed E-state index contributed by atoms with van der Waals surface area (Å²) in [5.74, 6) is -1.60. The van der Waals surface area contributed by atoms with Crippen LogP contribution < -0.4 is 0 Å². The summed E-state index contributed by atoms with van der Waals surface area (Å²) in [6.45, 7) is 2.65. The van der Waals surface area contributed by atoms with Gasteiger partial charge in [-0.2, -0.15) is 0 Å². The van der Waals surface area contributed by atoms with Crippen LogP contribution in [0.3, 0.4) is 0 Å². The van der Waals surface area contributed by atoms with Crippen molar-refractivity contribution in [2.45, 2.75) is 6.90 Å². The third kappa shape index (κ3) is 7.53. The predicted molar refractivity (Wildman–Crippen MR) is 38.0 cm³/mol. The first-order valence-corrected chi connectivity index (χ1v) is 3.99. The van der Waals surface area contributed by atoms with E-state index in [2.05, 4.69) is 6.92 Å². The predicted octanol–water partition coefficient (Wildman–Crippen LogP) is 0.0492. The van der Waals surface area contributed by atoms with Gasteiger partial charge in [-0.1, -0.05) is 0 Å². The van der Waals surface area contributed by atoms with Crippen LogP contribution in [0.2, 0.25) is 0 Å². The molecule has 1 amide bonds. The summed E-state index contributed by atoms with van der Waals surface area (Å²) in [4.78, 5) is 21.8. The summed E-state index contributed by atoms with van der Waals surface area (Å²) < 4.78 is 12.4. The van der Waals surface area contributed by atoms with Crippen LogP contribution in [0.4, 0.5) is 0 Å². The number of rotatable bonds is 3. The van der Waals surface area contributed by atoms with E-state index < -0.39 is 18.8 Å². The fourth-order valence-corrected chi connectivity index (χ4v) is 0.455. The Bertz CT molecular complexity index is 179. The second-order valence-corrected chi connectivity index (χ2v) is 1.71. The van der Waals surface area contributed by atoms with Crippen LogP contribution in [0.1, 0.15) is 8.27 Å². The van der Waals surface area contributed by atoms with Gasteiger partial charge in [0, 0.05) is 8.27 Å². The van der Waals surface area contributed by atoms with Gasteiger partial charge in [-0.3, -0.25) is 9.59 Å². The van der Waals surface area contributed by atoms with Gasteiger partial charge in [0.05, 0.1) is 0 Å². The zero-order valence-corrected chi connectivity index (χ0v) is 8.63. The standard InChI is InChI=1S/C6H10NO3.HN.Pt/c1-3-7(5(2)8)4-6(9)10;;/h1,3-4H2,2H3,(H,9,10);1H;/q-1;;/i2T;;. The Morgan fingerprint density at radius 3 is 2.50 bits per heavy atom. The number of carbonyl (C=O) groups is 2. The van der Waals surface area contributed by atoms with Crippen molar-refractivity contribution < 1.29 is 35.7 Å². The molecule has 0 unspecified atom stereocenters. The van der Waals surface area contributed by atoms with E-state index in [0.717, 1.165) is 4.90 Å². The second kappa shape index (κ2) is 8.52. The van der Waals surface area contributed by atoms with Crippen LogP contribution in [0.15, 0.2) is 0 Å². The molecule has 5 nitrogen and oxygen atoms in total. The Balaban J connectivity index is 0. The molecule has 0 fully saturated rings. The van der Waals surface area contributed by atoms with Crippen LogP contribution in [-0.4, -0.2) is 35.0 Å². The van der Waals surface area contributed by atoms with E-state index in [1.54, 1.807) is 0 Å². The number of hydrogen-bond donors (Lipinski definition) is 2. The fraction of sp³-hybridized carbons (Fsp3) is 0.500. The number of carbonyl (C=O) groups excluding carboxylic acids is 1. The Kier molecular flexibility index (Phi) is 8.12. The van der Waals surface area contributed by atoms with Gasteiger partial charge >= 0.3 is 29.5 Å². The quantitative estimate of drug-likeness (QED) is 0.701. The maximum absolute atomic E-state index is 10.7. The van der Waals surface area contributed by atoms with Crippen LogP contribution >= 0.6 is 0 Å². The van der Waals surface area contributed by atoms with Gasteiger partial charge in [-0.25, -0.2) is 0 Å². The first kappa shape index (κ1) is 11.4. The van der Waals surface area contributed by atoms with Crippen LogP contribution in [-0.2, 0) is 29.2 Å². The van der Waals surface area contributed by atoms with E-state index in [0.29, 0.717) is 0 Å². The van der Waals surface area contributed by atoms with Crippen LogP contribution in [0.5, 0.6) is 0 Å². The Morgan fingerprint density at radius 1 is 1.75 bits per heavy atom. The van der Waals surface area contributed by atoms with Gasteiger partial charge in [-0.05, 0) is 0 Å². The van der Waals surface area contributed by atoms with Gasteiger partial charge < -0.3 is 16.9 Å². The molecule has 0 aliphatic rings.